The molecule has 7 heteroatoms. The lowest BCUT2D eigenvalue weighted by Crippen LogP contribution is -2.34. The lowest BCUT2D eigenvalue weighted by molar-refractivity contribution is -0.125. The molecule has 0 saturated carbocycles. The summed E-state index contributed by atoms with van der Waals surface area (Å²) in [5.74, 6) is 0.621. The molecule has 5 N–H and O–H groups in total. The van der Waals surface area contributed by atoms with Gasteiger partial charge < -0.3 is 21.5 Å². The first-order valence-electron chi connectivity index (χ1n) is 6.39. The fraction of sp³-hybridized carbons (Fsp3) is 0.583. The Morgan fingerprint density at radius 3 is 2.53 bits per heavy atom. The molecule has 1 aromatic rings. The SMILES string of the molecule is CCCNc1ncnc(NCC(O)C(N)=O)c1CC. The second-order valence-electron chi connectivity index (χ2n) is 4.13. The van der Waals surface area contributed by atoms with Gasteiger partial charge >= 0.3 is 0 Å². The highest BCUT2D eigenvalue weighted by Gasteiger charge is 2.13. The largest absolute Gasteiger partial charge is 0.381 e. The van der Waals surface area contributed by atoms with E-state index in [0.29, 0.717) is 5.82 Å². The molecule has 1 heterocycles. The van der Waals surface area contributed by atoms with E-state index in [2.05, 4.69) is 27.5 Å². The van der Waals surface area contributed by atoms with Crippen LogP contribution in [0.3, 0.4) is 0 Å². The van der Waals surface area contributed by atoms with E-state index in [4.69, 9.17) is 5.73 Å². The zero-order valence-corrected chi connectivity index (χ0v) is 11.3. The number of primary amides is 1. The quantitative estimate of drug-likeness (QED) is 0.532. The number of nitrogens with one attached hydrogen (secondary N) is 2. The van der Waals surface area contributed by atoms with Crippen LogP contribution in [0.1, 0.15) is 25.8 Å². The van der Waals surface area contributed by atoms with Crippen LogP contribution in [-0.2, 0) is 11.2 Å². The fourth-order valence-electron chi connectivity index (χ4n) is 1.59. The minimum atomic E-state index is -1.23. The summed E-state index contributed by atoms with van der Waals surface area (Å²) < 4.78 is 0. The van der Waals surface area contributed by atoms with Crippen molar-refractivity contribution in [3.8, 4) is 0 Å². The average Bonchev–Trinajstić information content (AvgIpc) is 2.41. The highest BCUT2D eigenvalue weighted by molar-refractivity contribution is 5.79. The standard InChI is InChI=1S/C12H21N5O2/c1-3-5-14-11-8(4-2)12(17-7-16-11)15-6-9(18)10(13)19/h7,9,18H,3-6H2,1-2H3,(H2,13,19)(H2,14,15,16,17). The highest BCUT2D eigenvalue weighted by Crippen LogP contribution is 2.20. The topological polar surface area (TPSA) is 113 Å². The summed E-state index contributed by atoms with van der Waals surface area (Å²) in [5.41, 5.74) is 5.92. The van der Waals surface area contributed by atoms with Crippen molar-refractivity contribution in [2.24, 2.45) is 5.73 Å². The zero-order valence-electron chi connectivity index (χ0n) is 11.3. The van der Waals surface area contributed by atoms with Crippen LogP contribution in [0.15, 0.2) is 6.33 Å². The van der Waals surface area contributed by atoms with Gasteiger partial charge in [0.15, 0.2) is 0 Å². The van der Waals surface area contributed by atoms with Gasteiger partial charge in [0, 0.05) is 12.1 Å². The molecule has 0 bridgehead atoms. The van der Waals surface area contributed by atoms with Crippen molar-refractivity contribution in [1.82, 2.24) is 9.97 Å². The number of carbonyl (C=O) groups excluding carboxylic acids is 1. The van der Waals surface area contributed by atoms with Crippen molar-refractivity contribution in [2.75, 3.05) is 23.7 Å². The minimum Gasteiger partial charge on any atom is -0.381 e. The summed E-state index contributed by atoms with van der Waals surface area (Å²) >= 11 is 0. The number of hydrogen-bond donors (Lipinski definition) is 4. The number of aromatic nitrogens is 2. The molecule has 0 radical (unpaired) electrons. The van der Waals surface area contributed by atoms with Crippen LogP contribution in [0.25, 0.3) is 0 Å². The molecule has 0 aliphatic heterocycles. The molecular formula is C12H21N5O2. The predicted molar refractivity (Wildman–Crippen MR) is 73.9 cm³/mol. The van der Waals surface area contributed by atoms with Crippen LogP contribution >= 0.6 is 0 Å². The molecule has 1 rings (SSSR count). The molecule has 0 aliphatic rings. The second kappa shape index (κ2) is 7.52. The molecule has 19 heavy (non-hydrogen) atoms. The molecule has 0 spiro atoms. The summed E-state index contributed by atoms with van der Waals surface area (Å²) in [7, 11) is 0. The zero-order chi connectivity index (χ0) is 14.3. The van der Waals surface area contributed by atoms with E-state index in [-0.39, 0.29) is 6.54 Å². The Balaban J connectivity index is 2.79. The number of nitrogens with two attached hydrogens (primary N) is 1. The third-order valence-electron chi connectivity index (χ3n) is 2.63. The second-order valence-corrected chi connectivity index (χ2v) is 4.13. The van der Waals surface area contributed by atoms with Crippen molar-refractivity contribution in [3.63, 3.8) is 0 Å². The van der Waals surface area contributed by atoms with Crippen LogP contribution in [0.4, 0.5) is 11.6 Å². The molecule has 0 fully saturated rings. The van der Waals surface area contributed by atoms with Crippen molar-refractivity contribution in [1.29, 1.82) is 0 Å². The summed E-state index contributed by atoms with van der Waals surface area (Å²) in [4.78, 5) is 19.1. The van der Waals surface area contributed by atoms with Gasteiger partial charge in [0.2, 0.25) is 5.91 Å². The van der Waals surface area contributed by atoms with E-state index in [1.54, 1.807) is 0 Å². The Hall–Kier alpha value is -1.89. The summed E-state index contributed by atoms with van der Waals surface area (Å²) in [6.45, 7) is 4.92. The number of anilines is 2. The van der Waals surface area contributed by atoms with Crippen LogP contribution in [0, 0.1) is 0 Å². The highest BCUT2D eigenvalue weighted by atomic mass is 16.3. The maximum atomic E-state index is 10.8. The monoisotopic (exact) mass is 267 g/mol. The van der Waals surface area contributed by atoms with Gasteiger partial charge in [-0.2, -0.15) is 0 Å². The van der Waals surface area contributed by atoms with E-state index in [9.17, 15) is 9.90 Å². The summed E-state index contributed by atoms with van der Waals surface area (Å²) in [5, 5.41) is 15.5. The number of aliphatic hydroxyl groups excluding tert-OH is 1. The van der Waals surface area contributed by atoms with Crippen LogP contribution in [0.5, 0.6) is 0 Å². The number of amides is 1. The van der Waals surface area contributed by atoms with Gasteiger partial charge in [-0.15, -0.1) is 0 Å². The van der Waals surface area contributed by atoms with E-state index in [0.717, 1.165) is 30.8 Å². The number of carbonyl (C=O) groups is 1. The number of rotatable bonds is 8. The number of hydrogen-bond acceptors (Lipinski definition) is 6. The minimum absolute atomic E-state index is 0.0343. The Bertz CT molecular complexity index is 425. The molecule has 106 valence electrons. The first kappa shape index (κ1) is 15.2. The molecule has 1 atom stereocenters. The van der Waals surface area contributed by atoms with E-state index in [1.807, 2.05) is 6.92 Å². The molecule has 0 saturated heterocycles. The molecule has 1 aromatic heterocycles. The fourth-order valence-corrected chi connectivity index (χ4v) is 1.59. The van der Waals surface area contributed by atoms with Gasteiger partial charge in [-0.1, -0.05) is 13.8 Å². The molecule has 1 unspecified atom stereocenters. The van der Waals surface area contributed by atoms with Crippen molar-refractivity contribution in [2.45, 2.75) is 32.8 Å². The Kier molecular flexibility index (Phi) is 6.01. The first-order chi connectivity index (χ1) is 9.10. The van der Waals surface area contributed by atoms with Crippen LogP contribution in [-0.4, -0.2) is 40.2 Å². The van der Waals surface area contributed by atoms with Crippen molar-refractivity contribution in [3.05, 3.63) is 11.9 Å². The third kappa shape index (κ3) is 4.36. The van der Waals surface area contributed by atoms with Gasteiger partial charge in [0.1, 0.15) is 24.1 Å². The van der Waals surface area contributed by atoms with Crippen molar-refractivity contribution >= 4 is 17.5 Å². The van der Waals surface area contributed by atoms with Gasteiger partial charge in [0.05, 0.1) is 6.54 Å². The van der Waals surface area contributed by atoms with E-state index < -0.39 is 12.0 Å². The average molecular weight is 267 g/mol. The molecule has 7 nitrogen and oxygen atoms in total. The maximum absolute atomic E-state index is 10.8. The molecule has 0 aromatic carbocycles. The van der Waals surface area contributed by atoms with Crippen LogP contribution < -0.4 is 16.4 Å². The number of nitrogens with zero attached hydrogens (tertiary/aromatic N) is 2. The van der Waals surface area contributed by atoms with Gasteiger partial charge in [0.25, 0.3) is 0 Å². The Morgan fingerprint density at radius 2 is 2.00 bits per heavy atom. The molecule has 1 amide bonds. The Morgan fingerprint density at radius 1 is 1.37 bits per heavy atom. The smallest absolute Gasteiger partial charge is 0.248 e. The van der Waals surface area contributed by atoms with E-state index >= 15 is 0 Å². The lowest BCUT2D eigenvalue weighted by atomic mass is 10.2. The summed E-state index contributed by atoms with van der Waals surface area (Å²) in [6.07, 6.45) is 1.95. The lowest BCUT2D eigenvalue weighted by Gasteiger charge is -2.15. The van der Waals surface area contributed by atoms with Gasteiger partial charge in [-0.25, -0.2) is 9.97 Å². The van der Waals surface area contributed by atoms with Crippen LogP contribution in [0.2, 0.25) is 0 Å². The van der Waals surface area contributed by atoms with E-state index in [1.165, 1.54) is 6.33 Å². The first-order valence-corrected chi connectivity index (χ1v) is 6.39. The molecular weight excluding hydrogens is 246 g/mol. The van der Waals surface area contributed by atoms with Gasteiger partial charge in [-0.05, 0) is 12.8 Å². The maximum Gasteiger partial charge on any atom is 0.248 e. The third-order valence-corrected chi connectivity index (χ3v) is 2.63. The normalized spacial score (nSPS) is 11.9. The Labute approximate surface area is 112 Å². The number of aliphatic hydroxyl groups is 1. The summed E-state index contributed by atoms with van der Waals surface area (Å²) in [6, 6.07) is 0. The van der Waals surface area contributed by atoms with Crippen molar-refractivity contribution < 1.29 is 9.90 Å². The predicted octanol–water partition coefficient (Wildman–Crippen LogP) is 0.119. The van der Waals surface area contributed by atoms with Gasteiger partial charge in [-0.3, -0.25) is 4.79 Å². The molecule has 0 aliphatic carbocycles.